The molecule has 3 heterocycles. The van der Waals surface area contributed by atoms with Gasteiger partial charge in [0.25, 0.3) is 0 Å². The van der Waals surface area contributed by atoms with Crippen molar-refractivity contribution in [2.24, 2.45) is 0 Å². The van der Waals surface area contributed by atoms with Gasteiger partial charge >= 0.3 is 0 Å². The van der Waals surface area contributed by atoms with Crippen molar-refractivity contribution in [2.75, 3.05) is 39.3 Å². The van der Waals surface area contributed by atoms with Gasteiger partial charge in [-0.3, -0.25) is 14.9 Å². The van der Waals surface area contributed by atoms with Gasteiger partial charge in [0.2, 0.25) is 0 Å². The Morgan fingerprint density at radius 2 is 1.89 bits per heavy atom. The van der Waals surface area contributed by atoms with E-state index in [1.807, 2.05) is 0 Å². The van der Waals surface area contributed by atoms with E-state index in [1.54, 1.807) is 0 Å². The quantitative estimate of drug-likeness (QED) is 0.763. The average molecular weight is 378 g/mol. The van der Waals surface area contributed by atoms with E-state index in [0.29, 0.717) is 24.0 Å². The molecule has 1 atom stereocenters. The minimum Gasteiger partial charge on any atom is -0.396 e. The minimum atomic E-state index is 0.279. The topological polar surface area (TPSA) is 58.6 Å². The van der Waals surface area contributed by atoms with Gasteiger partial charge in [-0.25, -0.2) is 0 Å². The summed E-state index contributed by atoms with van der Waals surface area (Å²) < 4.78 is 0. The van der Waals surface area contributed by atoms with Crippen molar-refractivity contribution in [3.05, 3.63) is 17.5 Å². The fourth-order valence-electron chi connectivity index (χ4n) is 4.70. The normalized spacial score (nSPS) is 24.3. The first kappa shape index (κ1) is 20.8. The molecule has 0 spiro atoms. The highest BCUT2D eigenvalue weighted by Gasteiger charge is 2.34. The predicted octanol–water partition coefficient (Wildman–Crippen LogP) is 2.27. The number of piperidine rings is 1. The number of aliphatic hydroxyl groups excluding tert-OH is 1. The number of aromatic nitrogens is 2. The Hall–Kier alpha value is -0.950. The lowest BCUT2D eigenvalue weighted by atomic mass is 9.97. The van der Waals surface area contributed by atoms with Gasteiger partial charge in [-0.1, -0.05) is 13.8 Å². The van der Waals surface area contributed by atoms with Crippen molar-refractivity contribution < 1.29 is 5.11 Å². The summed E-state index contributed by atoms with van der Waals surface area (Å²) in [7, 11) is 0. The van der Waals surface area contributed by atoms with Crippen LogP contribution in [-0.4, -0.2) is 87.5 Å². The van der Waals surface area contributed by atoms with Crippen molar-refractivity contribution in [1.29, 1.82) is 0 Å². The molecule has 0 bridgehead atoms. The predicted molar refractivity (Wildman–Crippen MR) is 110 cm³/mol. The second kappa shape index (κ2) is 9.50. The smallest absolute Gasteiger partial charge is 0.0650 e. The monoisotopic (exact) mass is 377 g/mol. The summed E-state index contributed by atoms with van der Waals surface area (Å²) in [6, 6.07) is 4.01. The van der Waals surface area contributed by atoms with Crippen molar-refractivity contribution >= 4 is 0 Å². The number of aliphatic hydroxyl groups is 1. The third-order valence-corrected chi connectivity index (χ3v) is 6.41. The molecule has 2 fully saturated rings. The Bertz CT molecular complexity index is 565. The summed E-state index contributed by atoms with van der Waals surface area (Å²) in [6.07, 6.45) is 3.40. The fraction of sp³-hybridized carbons (Fsp3) is 0.857. The zero-order valence-electron chi connectivity index (χ0n) is 17.7. The van der Waals surface area contributed by atoms with Crippen molar-refractivity contribution in [3.63, 3.8) is 0 Å². The van der Waals surface area contributed by atoms with Gasteiger partial charge in [0.05, 0.1) is 5.69 Å². The molecule has 0 aliphatic carbocycles. The summed E-state index contributed by atoms with van der Waals surface area (Å²) in [5.41, 5.74) is 2.35. The Morgan fingerprint density at radius 1 is 1.15 bits per heavy atom. The van der Waals surface area contributed by atoms with Gasteiger partial charge < -0.3 is 10.0 Å². The van der Waals surface area contributed by atoms with Crippen LogP contribution < -0.4 is 0 Å². The minimum absolute atomic E-state index is 0.279. The summed E-state index contributed by atoms with van der Waals surface area (Å²) in [5.74, 6) is 0.464. The number of nitrogens with one attached hydrogen (secondary N) is 1. The zero-order valence-corrected chi connectivity index (χ0v) is 17.7. The van der Waals surface area contributed by atoms with E-state index in [9.17, 15) is 5.11 Å². The Balaban J connectivity index is 1.56. The van der Waals surface area contributed by atoms with Crippen LogP contribution in [-0.2, 0) is 6.54 Å². The average Bonchev–Trinajstić information content (AvgIpc) is 3.11. The van der Waals surface area contributed by atoms with Crippen LogP contribution in [0.1, 0.15) is 64.3 Å². The first-order valence-electron chi connectivity index (χ1n) is 10.8. The van der Waals surface area contributed by atoms with Gasteiger partial charge in [0, 0.05) is 56.6 Å². The van der Waals surface area contributed by atoms with Crippen LogP contribution in [0.4, 0.5) is 0 Å². The molecular weight excluding hydrogens is 338 g/mol. The molecule has 2 aliphatic rings. The summed E-state index contributed by atoms with van der Waals surface area (Å²) in [6.45, 7) is 15.8. The molecule has 2 N–H and O–H groups in total. The standard InChI is InChI=1S/C21H39N5O/c1-16(2)21-13-18(22-23-21)14-24-10-11-26(20(15-24)7-12-27)19-5-8-25(9-6-19)17(3)4/h13,16-17,19-20,27H,5-12,14-15H2,1-4H3,(H,22,23). The molecule has 154 valence electrons. The zero-order chi connectivity index (χ0) is 19.4. The lowest BCUT2D eigenvalue weighted by molar-refractivity contribution is -0.000342. The summed E-state index contributed by atoms with van der Waals surface area (Å²) >= 11 is 0. The van der Waals surface area contributed by atoms with Crippen LogP contribution in [0.2, 0.25) is 0 Å². The number of H-pyrrole nitrogens is 1. The van der Waals surface area contributed by atoms with E-state index < -0.39 is 0 Å². The maximum Gasteiger partial charge on any atom is 0.0650 e. The molecule has 6 heteroatoms. The number of hydrogen-bond donors (Lipinski definition) is 2. The van der Waals surface area contributed by atoms with E-state index in [0.717, 1.165) is 38.3 Å². The first-order valence-corrected chi connectivity index (χ1v) is 10.8. The lowest BCUT2D eigenvalue weighted by Gasteiger charge is -2.48. The number of rotatable bonds is 7. The third-order valence-electron chi connectivity index (χ3n) is 6.41. The van der Waals surface area contributed by atoms with Gasteiger partial charge in [-0.05, 0) is 58.2 Å². The second-order valence-corrected chi connectivity index (χ2v) is 8.97. The van der Waals surface area contributed by atoms with E-state index in [4.69, 9.17) is 0 Å². The number of piperazine rings is 1. The Labute approximate surface area is 164 Å². The maximum atomic E-state index is 9.62. The molecule has 2 saturated heterocycles. The van der Waals surface area contributed by atoms with Gasteiger partial charge in [0.15, 0.2) is 0 Å². The van der Waals surface area contributed by atoms with E-state index in [1.165, 1.54) is 31.6 Å². The van der Waals surface area contributed by atoms with Gasteiger partial charge in [0.1, 0.15) is 0 Å². The summed E-state index contributed by atoms with van der Waals surface area (Å²) in [4.78, 5) is 7.83. The molecule has 1 unspecified atom stereocenters. The molecule has 0 amide bonds. The molecule has 1 aromatic rings. The number of nitrogens with zero attached hydrogens (tertiary/aromatic N) is 4. The number of hydrogen-bond acceptors (Lipinski definition) is 5. The Kier molecular flexibility index (Phi) is 7.31. The van der Waals surface area contributed by atoms with Crippen molar-refractivity contribution in [2.45, 2.75) is 77.5 Å². The largest absolute Gasteiger partial charge is 0.396 e. The van der Waals surface area contributed by atoms with Gasteiger partial charge in [-0.15, -0.1) is 0 Å². The highest BCUT2D eigenvalue weighted by molar-refractivity contribution is 5.12. The number of aromatic amines is 1. The van der Waals surface area contributed by atoms with E-state index in [-0.39, 0.29) is 6.61 Å². The molecule has 27 heavy (non-hydrogen) atoms. The molecule has 1 aromatic heterocycles. The van der Waals surface area contributed by atoms with Crippen molar-refractivity contribution in [3.8, 4) is 0 Å². The van der Waals surface area contributed by atoms with Gasteiger partial charge in [-0.2, -0.15) is 5.10 Å². The van der Waals surface area contributed by atoms with Crippen LogP contribution in [0.3, 0.4) is 0 Å². The van der Waals surface area contributed by atoms with Crippen LogP contribution in [0.15, 0.2) is 6.07 Å². The third kappa shape index (κ3) is 5.31. The van der Waals surface area contributed by atoms with Crippen molar-refractivity contribution in [1.82, 2.24) is 24.9 Å². The van der Waals surface area contributed by atoms with Crippen LogP contribution >= 0.6 is 0 Å². The highest BCUT2D eigenvalue weighted by atomic mass is 16.3. The number of likely N-dealkylation sites (tertiary alicyclic amines) is 1. The second-order valence-electron chi connectivity index (χ2n) is 8.97. The SMILES string of the molecule is CC(C)c1cc(CN2CCN(C3CCN(C(C)C)CC3)C(CCO)C2)[nH]n1. The maximum absolute atomic E-state index is 9.62. The highest BCUT2D eigenvalue weighted by Crippen LogP contribution is 2.25. The molecule has 0 radical (unpaired) electrons. The lowest BCUT2D eigenvalue weighted by Crippen LogP contribution is -2.58. The molecule has 3 rings (SSSR count). The first-order chi connectivity index (χ1) is 13.0. The fourth-order valence-corrected chi connectivity index (χ4v) is 4.70. The molecule has 6 nitrogen and oxygen atoms in total. The van der Waals surface area contributed by atoms with E-state index >= 15 is 0 Å². The molecule has 0 aromatic carbocycles. The molecular formula is C21H39N5O. The molecule has 0 saturated carbocycles. The summed E-state index contributed by atoms with van der Waals surface area (Å²) in [5, 5.41) is 17.3. The Morgan fingerprint density at radius 3 is 2.48 bits per heavy atom. The van der Waals surface area contributed by atoms with Crippen LogP contribution in [0.25, 0.3) is 0 Å². The molecule has 2 aliphatic heterocycles. The van der Waals surface area contributed by atoms with Crippen LogP contribution in [0, 0.1) is 0 Å². The van der Waals surface area contributed by atoms with Crippen LogP contribution in [0.5, 0.6) is 0 Å². The van der Waals surface area contributed by atoms with E-state index in [2.05, 4.69) is 58.7 Å².